The lowest BCUT2D eigenvalue weighted by molar-refractivity contribution is 0.0954. The third-order valence-corrected chi connectivity index (χ3v) is 3.81. The summed E-state index contributed by atoms with van der Waals surface area (Å²) in [5.74, 6) is 0.322. The van der Waals surface area contributed by atoms with Crippen molar-refractivity contribution in [3.8, 4) is 5.75 Å². The molecule has 0 spiro atoms. The number of nitrogens with one attached hydrogen (secondary N) is 1. The van der Waals surface area contributed by atoms with Crippen molar-refractivity contribution in [3.05, 3.63) is 65.4 Å². The second-order valence-electron chi connectivity index (χ2n) is 5.45. The minimum absolute atomic E-state index is 0.0360. The van der Waals surface area contributed by atoms with Gasteiger partial charge in [-0.3, -0.25) is 4.79 Å². The van der Waals surface area contributed by atoms with Crippen LogP contribution in [0.25, 0.3) is 11.0 Å². The smallest absolute Gasteiger partial charge is 0.271 e. The summed E-state index contributed by atoms with van der Waals surface area (Å²) in [5, 5.41) is 14.6. The minimum Gasteiger partial charge on any atom is -0.508 e. The van der Waals surface area contributed by atoms with Crippen LogP contribution < -0.4 is 5.43 Å². The highest BCUT2D eigenvalue weighted by Crippen LogP contribution is 2.26. The summed E-state index contributed by atoms with van der Waals surface area (Å²) in [5.41, 5.74) is 5.30. The van der Waals surface area contributed by atoms with E-state index >= 15 is 0 Å². The number of nitrogens with zero attached hydrogens (tertiary/aromatic N) is 1. The zero-order chi connectivity index (χ0) is 17.1. The van der Waals surface area contributed by atoms with Crippen molar-refractivity contribution in [3.63, 3.8) is 0 Å². The monoisotopic (exact) mass is 322 g/mol. The summed E-state index contributed by atoms with van der Waals surface area (Å²) in [4.78, 5) is 12.1. The molecule has 0 saturated carbocycles. The van der Waals surface area contributed by atoms with Crippen molar-refractivity contribution in [2.45, 2.75) is 20.3 Å². The molecule has 5 heteroatoms. The first-order chi connectivity index (χ1) is 11.6. The second kappa shape index (κ2) is 6.58. The molecule has 0 atom stereocenters. The number of carbonyl (C=O) groups is 1. The van der Waals surface area contributed by atoms with Gasteiger partial charge in [-0.1, -0.05) is 31.2 Å². The van der Waals surface area contributed by atoms with Gasteiger partial charge in [0.25, 0.3) is 5.91 Å². The maximum Gasteiger partial charge on any atom is 0.271 e. The van der Waals surface area contributed by atoms with Gasteiger partial charge >= 0.3 is 0 Å². The van der Waals surface area contributed by atoms with Crippen LogP contribution in [-0.4, -0.2) is 16.7 Å². The molecule has 122 valence electrons. The van der Waals surface area contributed by atoms with Gasteiger partial charge in [0.05, 0.1) is 0 Å². The summed E-state index contributed by atoms with van der Waals surface area (Å²) >= 11 is 0. The van der Waals surface area contributed by atoms with E-state index in [1.165, 1.54) is 12.1 Å². The van der Waals surface area contributed by atoms with Crippen LogP contribution in [0.4, 0.5) is 0 Å². The average Bonchev–Trinajstić information content (AvgIpc) is 2.98. The van der Waals surface area contributed by atoms with E-state index in [0.29, 0.717) is 17.0 Å². The topological polar surface area (TPSA) is 74.8 Å². The molecule has 2 aromatic carbocycles. The Balaban J connectivity index is 1.87. The molecule has 24 heavy (non-hydrogen) atoms. The third kappa shape index (κ3) is 3.01. The van der Waals surface area contributed by atoms with Crippen LogP contribution in [0.3, 0.4) is 0 Å². The summed E-state index contributed by atoms with van der Waals surface area (Å²) in [7, 11) is 0. The number of aryl methyl sites for hydroxylation is 1. The molecule has 0 bridgehead atoms. The molecule has 0 unspecified atom stereocenters. The highest BCUT2D eigenvalue weighted by molar-refractivity contribution is 6.03. The Morgan fingerprint density at radius 1 is 1.21 bits per heavy atom. The molecule has 3 aromatic rings. The van der Waals surface area contributed by atoms with E-state index in [1.807, 2.05) is 24.3 Å². The van der Waals surface area contributed by atoms with Gasteiger partial charge in [0.2, 0.25) is 0 Å². The molecule has 1 amide bonds. The van der Waals surface area contributed by atoms with Gasteiger partial charge in [-0.2, -0.15) is 5.10 Å². The SMILES string of the molecule is CCc1c(/C(C)=N\NC(=O)c2cccc(O)c2)oc2ccccc12. The quantitative estimate of drug-likeness (QED) is 0.566. The van der Waals surface area contributed by atoms with Crippen molar-refractivity contribution < 1.29 is 14.3 Å². The Hall–Kier alpha value is -3.08. The van der Waals surface area contributed by atoms with E-state index in [0.717, 1.165) is 23.0 Å². The number of furan rings is 1. The minimum atomic E-state index is -0.389. The summed E-state index contributed by atoms with van der Waals surface area (Å²) < 4.78 is 5.89. The number of amides is 1. The maximum absolute atomic E-state index is 12.1. The Labute approximate surface area is 139 Å². The van der Waals surface area contributed by atoms with Crippen LogP contribution in [-0.2, 0) is 6.42 Å². The number of phenolic OH excluding ortho intramolecular Hbond substituents is 1. The molecule has 0 fully saturated rings. The fraction of sp³-hybridized carbons (Fsp3) is 0.158. The lowest BCUT2D eigenvalue weighted by atomic mass is 10.1. The lowest BCUT2D eigenvalue weighted by Crippen LogP contribution is -2.19. The number of phenols is 1. The summed E-state index contributed by atoms with van der Waals surface area (Å²) in [6.45, 7) is 3.85. The van der Waals surface area contributed by atoms with Crippen LogP contribution in [0.1, 0.15) is 35.5 Å². The van der Waals surface area contributed by atoms with Crippen LogP contribution in [0.5, 0.6) is 5.75 Å². The van der Waals surface area contributed by atoms with Crippen LogP contribution in [0.15, 0.2) is 58.0 Å². The summed E-state index contributed by atoms with van der Waals surface area (Å²) in [6, 6.07) is 13.9. The number of carbonyl (C=O) groups excluding carboxylic acids is 1. The molecule has 1 heterocycles. The van der Waals surface area contributed by atoms with Crippen molar-refractivity contribution in [2.75, 3.05) is 0 Å². The van der Waals surface area contributed by atoms with E-state index < -0.39 is 0 Å². The number of hydrogen-bond donors (Lipinski definition) is 2. The van der Waals surface area contributed by atoms with E-state index in [2.05, 4.69) is 17.5 Å². The molecule has 0 aliphatic heterocycles. The molecule has 5 nitrogen and oxygen atoms in total. The largest absolute Gasteiger partial charge is 0.508 e. The number of benzene rings is 2. The number of aromatic hydroxyl groups is 1. The standard InChI is InChI=1S/C19H18N2O3/c1-3-15-16-9-4-5-10-17(16)24-18(15)12(2)20-21-19(23)13-7-6-8-14(22)11-13/h4-11,22H,3H2,1-2H3,(H,21,23)/b20-12-. The zero-order valence-electron chi connectivity index (χ0n) is 13.5. The molecule has 3 rings (SSSR count). The average molecular weight is 322 g/mol. The van der Waals surface area contributed by atoms with Crippen molar-refractivity contribution in [2.24, 2.45) is 5.10 Å². The Morgan fingerprint density at radius 2 is 2.00 bits per heavy atom. The maximum atomic E-state index is 12.1. The molecule has 1 aromatic heterocycles. The van der Waals surface area contributed by atoms with Gasteiger partial charge in [0, 0.05) is 16.5 Å². The Morgan fingerprint density at radius 3 is 2.75 bits per heavy atom. The molecule has 2 N–H and O–H groups in total. The first-order valence-corrected chi connectivity index (χ1v) is 7.74. The van der Waals surface area contributed by atoms with Gasteiger partial charge < -0.3 is 9.52 Å². The molecule has 0 aliphatic carbocycles. The normalized spacial score (nSPS) is 11.7. The van der Waals surface area contributed by atoms with Crippen molar-refractivity contribution in [1.29, 1.82) is 0 Å². The van der Waals surface area contributed by atoms with E-state index in [4.69, 9.17) is 4.42 Å². The van der Waals surface area contributed by atoms with Crippen LogP contribution in [0.2, 0.25) is 0 Å². The second-order valence-corrected chi connectivity index (χ2v) is 5.45. The Bertz CT molecular complexity index is 925. The first kappa shape index (κ1) is 15.8. The third-order valence-electron chi connectivity index (χ3n) is 3.81. The number of fused-ring (bicyclic) bond motifs is 1. The van der Waals surface area contributed by atoms with Crippen molar-refractivity contribution >= 4 is 22.6 Å². The molecular weight excluding hydrogens is 304 g/mol. The van der Waals surface area contributed by atoms with Gasteiger partial charge in [0.15, 0.2) is 5.76 Å². The lowest BCUT2D eigenvalue weighted by Gasteiger charge is -2.03. The number of rotatable bonds is 4. The number of hydrazone groups is 1. The molecule has 0 aliphatic rings. The highest BCUT2D eigenvalue weighted by atomic mass is 16.3. The van der Waals surface area contributed by atoms with E-state index in [1.54, 1.807) is 19.1 Å². The van der Waals surface area contributed by atoms with Gasteiger partial charge in [-0.05, 0) is 37.6 Å². The van der Waals surface area contributed by atoms with E-state index in [-0.39, 0.29) is 11.7 Å². The van der Waals surface area contributed by atoms with Crippen LogP contribution >= 0.6 is 0 Å². The van der Waals surface area contributed by atoms with Gasteiger partial charge in [-0.25, -0.2) is 5.43 Å². The van der Waals surface area contributed by atoms with Crippen LogP contribution in [0, 0.1) is 0 Å². The van der Waals surface area contributed by atoms with Gasteiger partial charge in [0.1, 0.15) is 17.0 Å². The predicted octanol–water partition coefficient (Wildman–Crippen LogP) is 3.85. The highest BCUT2D eigenvalue weighted by Gasteiger charge is 2.15. The molecular formula is C19H18N2O3. The Kier molecular flexibility index (Phi) is 4.33. The predicted molar refractivity (Wildman–Crippen MR) is 93.4 cm³/mol. The summed E-state index contributed by atoms with van der Waals surface area (Å²) in [6.07, 6.45) is 0.805. The zero-order valence-corrected chi connectivity index (χ0v) is 13.5. The first-order valence-electron chi connectivity index (χ1n) is 7.74. The number of hydrogen-bond acceptors (Lipinski definition) is 4. The number of para-hydroxylation sites is 1. The van der Waals surface area contributed by atoms with Crippen molar-refractivity contribution in [1.82, 2.24) is 5.43 Å². The molecule has 0 saturated heterocycles. The van der Waals surface area contributed by atoms with Gasteiger partial charge in [-0.15, -0.1) is 0 Å². The molecule has 0 radical (unpaired) electrons. The van der Waals surface area contributed by atoms with E-state index in [9.17, 15) is 9.90 Å². The fourth-order valence-electron chi connectivity index (χ4n) is 2.64. The fourth-order valence-corrected chi connectivity index (χ4v) is 2.64.